The Hall–Kier alpha value is -2.86. The summed E-state index contributed by atoms with van der Waals surface area (Å²) in [6, 6.07) is 21.6. The molecule has 1 aliphatic heterocycles. The molecular weight excluding hydrogens is 398 g/mol. The topological polar surface area (TPSA) is 60.0 Å². The fourth-order valence-electron chi connectivity index (χ4n) is 4.12. The highest BCUT2D eigenvalue weighted by atomic mass is 16.2. The van der Waals surface area contributed by atoms with Crippen LogP contribution in [0, 0.1) is 0 Å². The van der Waals surface area contributed by atoms with E-state index in [4.69, 9.17) is 0 Å². The smallest absolute Gasteiger partial charge is 0.222 e. The van der Waals surface area contributed by atoms with Gasteiger partial charge in [-0.05, 0) is 24.0 Å². The third-order valence-corrected chi connectivity index (χ3v) is 5.85. The third-order valence-electron chi connectivity index (χ3n) is 5.85. The molecule has 1 unspecified atom stereocenters. The maximum atomic E-state index is 11.9. The van der Waals surface area contributed by atoms with Crippen LogP contribution in [-0.2, 0) is 17.9 Å². The first-order valence-corrected chi connectivity index (χ1v) is 11.7. The van der Waals surface area contributed by atoms with Gasteiger partial charge in [0.15, 0.2) is 5.96 Å². The molecule has 1 atom stereocenters. The zero-order valence-electron chi connectivity index (χ0n) is 19.5. The number of rotatable bonds is 10. The number of aliphatic imine (C=N–C) groups is 1. The van der Waals surface area contributed by atoms with Crippen molar-refractivity contribution in [1.82, 2.24) is 20.4 Å². The summed E-state index contributed by atoms with van der Waals surface area (Å²) in [7, 11) is 1.80. The van der Waals surface area contributed by atoms with E-state index in [0.29, 0.717) is 6.42 Å². The Labute approximate surface area is 192 Å². The molecule has 172 valence electrons. The third kappa shape index (κ3) is 7.68. The lowest BCUT2D eigenvalue weighted by Gasteiger charge is -2.23. The van der Waals surface area contributed by atoms with Crippen molar-refractivity contribution in [2.45, 2.75) is 45.3 Å². The fourth-order valence-corrected chi connectivity index (χ4v) is 4.12. The van der Waals surface area contributed by atoms with Gasteiger partial charge >= 0.3 is 0 Å². The van der Waals surface area contributed by atoms with Gasteiger partial charge in [-0.3, -0.25) is 14.7 Å². The van der Waals surface area contributed by atoms with E-state index in [0.717, 1.165) is 58.1 Å². The van der Waals surface area contributed by atoms with Crippen LogP contribution in [0.4, 0.5) is 0 Å². The number of nitrogens with zero attached hydrogens (tertiary/aromatic N) is 3. The van der Waals surface area contributed by atoms with Crippen LogP contribution in [0.2, 0.25) is 0 Å². The molecule has 2 N–H and O–H groups in total. The normalized spacial score (nSPS) is 16.4. The number of hydrogen-bond donors (Lipinski definition) is 2. The molecular formula is C26H37N5O. The molecule has 2 aromatic carbocycles. The quantitative estimate of drug-likeness (QED) is 0.342. The first kappa shape index (κ1) is 23.8. The summed E-state index contributed by atoms with van der Waals surface area (Å²) in [6.07, 6.45) is 2.56. The molecule has 1 amide bonds. The van der Waals surface area contributed by atoms with Gasteiger partial charge < -0.3 is 15.5 Å². The highest BCUT2D eigenvalue weighted by molar-refractivity contribution is 5.80. The number of hydrogen-bond acceptors (Lipinski definition) is 3. The van der Waals surface area contributed by atoms with E-state index in [1.165, 1.54) is 11.1 Å². The zero-order chi connectivity index (χ0) is 22.6. The van der Waals surface area contributed by atoms with Crippen LogP contribution in [0.25, 0.3) is 0 Å². The Morgan fingerprint density at radius 2 is 1.69 bits per heavy atom. The number of benzene rings is 2. The van der Waals surface area contributed by atoms with Gasteiger partial charge in [0, 0.05) is 58.8 Å². The van der Waals surface area contributed by atoms with Crippen LogP contribution < -0.4 is 10.6 Å². The summed E-state index contributed by atoms with van der Waals surface area (Å²) in [6.45, 7) is 7.23. The minimum atomic E-state index is 0.231. The van der Waals surface area contributed by atoms with Crippen LogP contribution in [0.3, 0.4) is 0 Å². The Morgan fingerprint density at radius 3 is 2.25 bits per heavy atom. The first-order chi connectivity index (χ1) is 15.7. The second-order valence-electron chi connectivity index (χ2n) is 8.36. The summed E-state index contributed by atoms with van der Waals surface area (Å²) in [5.74, 6) is 1.05. The lowest BCUT2D eigenvalue weighted by molar-refractivity contribution is -0.129. The van der Waals surface area contributed by atoms with E-state index in [2.05, 4.69) is 81.2 Å². The molecule has 0 aliphatic carbocycles. The number of guanidine groups is 1. The van der Waals surface area contributed by atoms with Crippen molar-refractivity contribution in [2.75, 3.05) is 33.2 Å². The van der Waals surface area contributed by atoms with E-state index in [9.17, 15) is 4.79 Å². The van der Waals surface area contributed by atoms with Crippen LogP contribution >= 0.6 is 0 Å². The number of carbonyl (C=O) groups is 1. The van der Waals surface area contributed by atoms with Crippen LogP contribution in [0.15, 0.2) is 65.7 Å². The van der Waals surface area contributed by atoms with Crippen molar-refractivity contribution >= 4 is 11.9 Å². The van der Waals surface area contributed by atoms with Crippen molar-refractivity contribution in [3.63, 3.8) is 0 Å². The van der Waals surface area contributed by atoms with Crippen molar-refractivity contribution in [3.05, 3.63) is 71.8 Å². The zero-order valence-corrected chi connectivity index (χ0v) is 19.5. The molecule has 2 aromatic rings. The van der Waals surface area contributed by atoms with E-state index >= 15 is 0 Å². The number of likely N-dealkylation sites (tertiary alicyclic amines) is 1. The molecule has 6 heteroatoms. The minimum Gasteiger partial charge on any atom is -0.356 e. The molecule has 6 nitrogen and oxygen atoms in total. The molecule has 1 aliphatic rings. The van der Waals surface area contributed by atoms with Crippen molar-refractivity contribution in [3.8, 4) is 0 Å². The monoisotopic (exact) mass is 435 g/mol. The van der Waals surface area contributed by atoms with E-state index < -0.39 is 0 Å². The average molecular weight is 436 g/mol. The van der Waals surface area contributed by atoms with Gasteiger partial charge in [-0.15, -0.1) is 0 Å². The number of nitrogens with one attached hydrogen (secondary N) is 2. The predicted molar refractivity (Wildman–Crippen MR) is 131 cm³/mol. The van der Waals surface area contributed by atoms with Gasteiger partial charge in [0.2, 0.25) is 5.91 Å². The summed E-state index contributed by atoms with van der Waals surface area (Å²) < 4.78 is 0. The van der Waals surface area contributed by atoms with Crippen LogP contribution in [0.5, 0.6) is 0 Å². The highest BCUT2D eigenvalue weighted by Crippen LogP contribution is 2.11. The standard InChI is InChI=1S/C26H37N5O/c1-3-25(32)31-18-15-24(21-31)29-26(27-2)28-16-10-17-30(19-22-11-6-4-7-12-22)20-23-13-8-5-9-14-23/h4-9,11-14,24H,3,10,15-21H2,1-2H3,(H2,27,28,29). The Kier molecular flexibility index (Phi) is 9.57. The number of carbonyl (C=O) groups excluding carboxylic acids is 1. The summed E-state index contributed by atoms with van der Waals surface area (Å²) >= 11 is 0. The SMILES string of the molecule is CCC(=O)N1CCC(NC(=NC)NCCCN(Cc2ccccc2)Cc2ccccc2)C1. The maximum absolute atomic E-state index is 11.9. The molecule has 0 spiro atoms. The van der Waals surface area contributed by atoms with Gasteiger partial charge in [-0.25, -0.2) is 0 Å². The average Bonchev–Trinajstić information content (AvgIpc) is 3.30. The van der Waals surface area contributed by atoms with Crippen LogP contribution in [-0.4, -0.2) is 60.9 Å². The largest absolute Gasteiger partial charge is 0.356 e. The van der Waals surface area contributed by atoms with E-state index in [-0.39, 0.29) is 11.9 Å². The van der Waals surface area contributed by atoms with Gasteiger partial charge in [0.1, 0.15) is 0 Å². The predicted octanol–water partition coefficient (Wildman–Crippen LogP) is 3.25. The Balaban J connectivity index is 1.45. The molecule has 1 saturated heterocycles. The van der Waals surface area contributed by atoms with Gasteiger partial charge in [0.25, 0.3) is 0 Å². The molecule has 0 saturated carbocycles. The molecule has 1 fully saturated rings. The van der Waals surface area contributed by atoms with E-state index in [1.54, 1.807) is 7.05 Å². The lowest BCUT2D eigenvalue weighted by atomic mass is 10.1. The highest BCUT2D eigenvalue weighted by Gasteiger charge is 2.25. The second kappa shape index (κ2) is 12.9. The van der Waals surface area contributed by atoms with Gasteiger partial charge in [-0.1, -0.05) is 67.6 Å². The first-order valence-electron chi connectivity index (χ1n) is 11.7. The van der Waals surface area contributed by atoms with Crippen molar-refractivity contribution in [2.24, 2.45) is 4.99 Å². The summed E-state index contributed by atoms with van der Waals surface area (Å²) in [5.41, 5.74) is 2.67. The fraction of sp³-hybridized carbons (Fsp3) is 0.462. The van der Waals surface area contributed by atoms with E-state index in [1.807, 2.05) is 11.8 Å². The Bertz CT molecular complexity index is 798. The number of amides is 1. The van der Waals surface area contributed by atoms with Crippen molar-refractivity contribution < 1.29 is 4.79 Å². The summed E-state index contributed by atoms with van der Waals surface area (Å²) in [5, 5.41) is 6.92. The molecule has 1 heterocycles. The maximum Gasteiger partial charge on any atom is 0.222 e. The molecule has 32 heavy (non-hydrogen) atoms. The van der Waals surface area contributed by atoms with Crippen molar-refractivity contribution in [1.29, 1.82) is 0 Å². The second-order valence-corrected chi connectivity index (χ2v) is 8.36. The molecule has 0 bridgehead atoms. The molecule has 0 aromatic heterocycles. The Morgan fingerprint density at radius 1 is 1.06 bits per heavy atom. The molecule has 3 rings (SSSR count). The molecule has 0 radical (unpaired) electrons. The summed E-state index contributed by atoms with van der Waals surface area (Å²) in [4.78, 5) is 20.7. The minimum absolute atomic E-state index is 0.231. The van der Waals surface area contributed by atoms with Gasteiger partial charge in [0.05, 0.1) is 0 Å². The van der Waals surface area contributed by atoms with Crippen LogP contribution in [0.1, 0.15) is 37.3 Å². The van der Waals surface area contributed by atoms with Gasteiger partial charge in [-0.2, -0.15) is 0 Å². The lowest BCUT2D eigenvalue weighted by Crippen LogP contribution is -2.45.